The Bertz CT molecular complexity index is 686. The normalized spacial score (nSPS) is 33.5. The molecular weight excluding hydrogens is 330 g/mol. The van der Waals surface area contributed by atoms with Crippen molar-refractivity contribution in [1.29, 1.82) is 0 Å². The highest BCUT2D eigenvalue weighted by atomic mass is 16.3. The molecule has 1 saturated heterocycles. The number of aromatic amines is 1. The lowest BCUT2D eigenvalue weighted by Crippen LogP contribution is -2.59. The number of aryl methyl sites for hydroxylation is 1. The Morgan fingerprint density at radius 2 is 2.15 bits per heavy atom. The summed E-state index contributed by atoms with van der Waals surface area (Å²) in [5.41, 5.74) is 2.02. The molecular formula is C20H29N3O3. The molecule has 3 N–H and O–H groups in total. The number of piperidine rings is 1. The zero-order valence-corrected chi connectivity index (χ0v) is 15.5. The Labute approximate surface area is 154 Å². The van der Waals surface area contributed by atoms with Crippen LogP contribution >= 0.6 is 0 Å². The van der Waals surface area contributed by atoms with E-state index in [1.54, 1.807) is 0 Å². The smallest absolute Gasteiger partial charge is 0.270 e. The lowest BCUT2D eigenvalue weighted by Gasteiger charge is -2.53. The molecule has 1 aromatic rings. The van der Waals surface area contributed by atoms with Crippen molar-refractivity contribution in [3.05, 3.63) is 23.5 Å². The number of likely N-dealkylation sites (tertiary alicyclic amines) is 1. The molecule has 6 nitrogen and oxygen atoms in total. The van der Waals surface area contributed by atoms with Gasteiger partial charge >= 0.3 is 0 Å². The number of hydrogen-bond donors (Lipinski definition) is 3. The van der Waals surface area contributed by atoms with Gasteiger partial charge in [0.25, 0.3) is 5.91 Å². The molecule has 1 aromatic heterocycles. The van der Waals surface area contributed by atoms with E-state index < -0.39 is 0 Å². The topological polar surface area (TPSA) is 85.4 Å². The molecule has 0 radical (unpaired) electrons. The maximum Gasteiger partial charge on any atom is 0.270 e. The fraction of sp³-hybridized carbons (Fsp3) is 0.700. The van der Waals surface area contributed by atoms with Crippen LogP contribution in [0, 0.1) is 11.3 Å². The van der Waals surface area contributed by atoms with Gasteiger partial charge in [-0.25, -0.2) is 0 Å². The second-order valence-corrected chi connectivity index (χ2v) is 8.54. The van der Waals surface area contributed by atoms with Crippen molar-refractivity contribution in [2.24, 2.45) is 11.3 Å². The van der Waals surface area contributed by atoms with E-state index in [4.69, 9.17) is 0 Å². The molecule has 1 spiro atoms. The second kappa shape index (κ2) is 6.72. The van der Waals surface area contributed by atoms with Crippen LogP contribution in [0.2, 0.25) is 0 Å². The van der Waals surface area contributed by atoms with Crippen LogP contribution in [0.5, 0.6) is 0 Å². The zero-order chi connectivity index (χ0) is 18.3. The minimum absolute atomic E-state index is 0.00776. The van der Waals surface area contributed by atoms with Crippen LogP contribution < -0.4 is 5.32 Å². The van der Waals surface area contributed by atoms with Gasteiger partial charge in [-0.05, 0) is 62.0 Å². The number of aliphatic hydroxyl groups excluding tert-OH is 1. The molecule has 2 heterocycles. The number of aliphatic hydroxyl groups is 1. The number of amides is 2. The van der Waals surface area contributed by atoms with E-state index >= 15 is 0 Å². The van der Waals surface area contributed by atoms with Gasteiger partial charge in [-0.2, -0.15) is 0 Å². The van der Waals surface area contributed by atoms with Crippen molar-refractivity contribution in [3.63, 3.8) is 0 Å². The van der Waals surface area contributed by atoms with E-state index in [0.717, 1.165) is 50.8 Å². The van der Waals surface area contributed by atoms with E-state index in [1.807, 2.05) is 17.2 Å². The minimum Gasteiger partial charge on any atom is -0.393 e. The maximum atomic E-state index is 12.8. The van der Waals surface area contributed by atoms with Crippen molar-refractivity contribution >= 4 is 11.8 Å². The monoisotopic (exact) mass is 359 g/mol. The highest BCUT2D eigenvalue weighted by Gasteiger charge is 2.48. The first kappa shape index (κ1) is 17.6. The third kappa shape index (κ3) is 3.27. The largest absolute Gasteiger partial charge is 0.393 e. The Morgan fingerprint density at radius 1 is 1.38 bits per heavy atom. The summed E-state index contributed by atoms with van der Waals surface area (Å²) < 4.78 is 0. The third-order valence-electron chi connectivity index (χ3n) is 6.52. The molecule has 3 fully saturated rings. The standard InChI is InChI=1S/C20H29N3O3/c1-2-13-6-17(21-11-13)19(26)23-5-3-4-20(12-23)9-15(10-20)22-18(25)14-7-16(24)8-14/h6,11,14-16,21,24H,2-5,7-10,12H2,1H3,(H,22,25). The zero-order valence-electron chi connectivity index (χ0n) is 15.5. The summed E-state index contributed by atoms with van der Waals surface area (Å²) in [5, 5.41) is 12.5. The van der Waals surface area contributed by atoms with Gasteiger partial charge < -0.3 is 20.3 Å². The van der Waals surface area contributed by atoms with E-state index in [0.29, 0.717) is 18.5 Å². The lowest BCUT2D eigenvalue weighted by molar-refractivity contribution is -0.134. The van der Waals surface area contributed by atoms with Crippen molar-refractivity contribution in [2.75, 3.05) is 13.1 Å². The van der Waals surface area contributed by atoms with E-state index in [1.165, 1.54) is 0 Å². The molecule has 0 atom stereocenters. The Balaban J connectivity index is 1.30. The molecule has 142 valence electrons. The van der Waals surface area contributed by atoms with Crippen LogP contribution in [-0.4, -0.2) is 52.0 Å². The van der Waals surface area contributed by atoms with Crippen LogP contribution in [0.1, 0.15) is 61.5 Å². The predicted molar refractivity (Wildman–Crippen MR) is 97.6 cm³/mol. The summed E-state index contributed by atoms with van der Waals surface area (Å²) in [7, 11) is 0. The van der Waals surface area contributed by atoms with Crippen LogP contribution in [-0.2, 0) is 11.2 Å². The summed E-state index contributed by atoms with van der Waals surface area (Å²) in [6, 6.07) is 2.19. The molecule has 2 aliphatic carbocycles. The molecule has 2 amide bonds. The van der Waals surface area contributed by atoms with Gasteiger partial charge in [0.15, 0.2) is 0 Å². The predicted octanol–water partition coefficient (Wildman–Crippen LogP) is 1.85. The summed E-state index contributed by atoms with van der Waals surface area (Å²) in [6.07, 6.45) is 7.83. The Hall–Kier alpha value is -1.82. The molecule has 0 bridgehead atoms. The number of rotatable bonds is 4. The second-order valence-electron chi connectivity index (χ2n) is 8.54. The Morgan fingerprint density at radius 3 is 2.81 bits per heavy atom. The molecule has 6 heteroatoms. The molecule has 2 saturated carbocycles. The summed E-state index contributed by atoms with van der Waals surface area (Å²) >= 11 is 0. The number of nitrogens with one attached hydrogen (secondary N) is 2. The van der Waals surface area contributed by atoms with Gasteiger partial charge in [0.2, 0.25) is 5.91 Å². The number of aromatic nitrogens is 1. The molecule has 0 aromatic carbocycles. The first-order valence-corrected chi connectivity index (χ1v) is 9.93. The van der Waals surface area contributed by atoms with E-state index in [9.17, 15) is 14.7 Å². The molecule has 26 heavy (non-hydrogen) atoms. The summed E-state index contributed by atoms with van der Waals surface area (Å²) in [5.74, 6) is 0.184. The van der Waals surface area contributed by atoms with E-state index in [-0.39, 0.29) is 35.3 Å². The minimum atomic E-state index is -0.294. The van der Waals surface area contributed by atoms with E-state index in [2.05, 4.69) is 17.2 Å². The lowest BCUT2D eigenvalue weighted by atomic mass is 9.61. The quantitative estimate of drug-likeness (QED) is 0.767. The molecule has 1 aliphatic heterocycles. The van der Waals surface area contributed by atoms with Crippen molar-refractivity contribution in [3.8, 4) is 0 Å². The van der Waals surface area contributed by atoms with Gasteiger partial charge in [-0.3, -0.25) is 9.59 Å². The fourth-order valence-corrected chi connectivity index (χ4v) is 4.86. The molecule has 3 aliphatic rings. The van der Waals surface area contributed by atoms with Crippen molar-refractivity contribution in [1.82, 2.24) is 15.2 Å². The van der Waals surface area contributed by atoms with Gasteiger partial charge in [0.05, 0.1) is 6.10 Å². The van der Waals surface area contributed by atoms with Gasteiger partial charge in [0, 0.05) is 31.2 Å². The summed E-state index contributed by atoms with van der Waals surface area (Å²) in [6.45, 7) is 3.69. The molecule has 0 unspecified atom stereocenters. The highest BCUT2D eigenvalue weighted by Crippen LogP contribution is 2.48. The number of hydrogen-bond acceptors (Lipinski definition) is 3. The molecule has 4 rings (SSSR count). The van der Waals surface area contributed by atoms with Crippen LogP contribution in [0.15, 0.2) is 12.3 Å². The summed E-state index contributed by atoms with van der Waals surface area (Å²) in [4.78, 5) is 30.0. The average Bonchev–Trinajstić information content (AvgIpc) is 3.06. The van der Waals surface area contributed by atoms with Crippen LogP contribution in [0.25, 0.3) is 0 Å². The van der Waals surface area contributed by atoms with Crippen molar-refractivity contribution < 1.29 is 14.7 Å². The van der Waals surface area contributed by atoms with Gasteiger partial charge in [-0.15, -0.1) is 0 Å². The van der Waals surface area contributed by atoms with Gasteiger partial charge in [0.1, 0.15) is 5.69 Å². The number of nitrogens with zero attached hydrogens (tertiary/aromatic N) is 1. The SMILES string of the molecule is CCc1c[nH]c(C(=O)N2CCCC3(CC(NC(=O)C4CC(O)C4)C3)C2)c1. The number of carbonyl (C=O) groups excluding carboxylic acids is 2. The van der Waals surface area contributed by atoms with Crippen LogP contribution in [0.3, 0.4) is 0 Å². The first-order valence-electron chi connectivity index (χ1n) is 9.93. The Kier molecular flexibility index (Phi) is 4.55. The van der Waals surface area contributed by atoms with Crippen molar-refractivity contribution in [2.45, 2.75) is 64.0 Å². The fourth-order valence-electron chi connectivity index (χ4n) is 4.86. The van der Waals surface area contributed by atoms with Gasteiger partial charge in [-0.1, -0.05) is 6.92 Å². The number of carbonyl (C=O) groups is 2. The van der Waals surface area contributed by atoms with Crippen LogP contribution in [0.4, 0.5) is 0 Å². The number of H-pyrrole nitrogens is 1. The highest BCUT2D eigenvalue weighted by molar-refractivity contribution is 5.92. The third-order valence-corrected chi connectivity index (χ3v) is 6.52. The average molecular weight is 359 g/mol. The maximum absolute atomic E-state index is 12.8. The first-order chi connectivity index (χ1) is 12.5.